The summed E-state index contributed by atoms with van der Waals surface area (Å²) in [5.74, 6) is -2.77. The molecule has 0 spiro atoms. The number of hydrogen-bond acceptors (Lipinski definition) is 6. The van der Waals surface area contributed by atoms with Gasteiger partial charge in [0, 0.05) is 7.11 Å². The van der Waals surface area contributed by atoms with E-state index in [1.165, 1.54) is 14.0 Å². The molecule has 27 heavy (non-hydrogen) atoms. The summed E-state index contributed by atoms with van der Waals surface area (Å²) in [6, 6.07) is 0. The van der Waals surface area contributed by atoms with Gasteiger partial charge in [0.25, 0.3) is 0 Å². The lowest BCUT2D eigenvalue weighted by Gasteiger charge is -2.32. The normalized spacial score (nSPS) is 37.1. The number of aliphatic hydroxyl groups is 2. The lowest BCUT2D eigenvalue weighted by Crippen LogP contribution is -2.56. The van der Waals surface area contributed by atoms with Crippen molar-refractivity contribution in [2.24, 2.45) is 11.8 Å². The summed E-state index contributed by atoms with van der Waals surface area (Å²) in [5, 5.41) is 20.5. The quantitative estimate of drug-likeness (QED) is 0.444. The van der Waals surface area contributed by atoms with Crippen molar-refractivity contribution in [3.8, 4) is 0 Å². The van der Waals surface area contributed by atoms with Crippen LogP contribution in [0.1, 0.15) is 40.5 Å². The molecule has 0 aromatic carbocycles. The summed E-state index contributed by atoms with van der Waals surface area (Å²) in [6.45, 7) is 10.3. The molecule has 0 bridgehead atoms. The Bertz CT molecular complexity index is 620. The fraction of sp³-hybridized carbons (Fsp3) is 0.619. The summed E-state index contributed by atoms with van der Waals surface area (Å²) in [6.07, 6.45) is 4.87. The summed E-state index contributed by atoms with van der Waals surface area (Å²) >= 11 is 0. The molecular formula is C21H32O6. The summed E-state index contributed by atoms with van der Waals surface area (Å²) in [7, 11) is 1.33. The van der Waals surface area contributed by atoms with Crippen LogP contribution in [0.4, 0.5) is 0 Å². The van der Waals surface area contributed by atoms with Gasteiger partial charge < -0.3 is 19.7 Å². The van der Waals surface area contributed by atoms with E-state index in [4.69, 9.17) is 9.47 Å². The number of aliphatic hydroxyl groups excluding tert-OH is 1. The second kappa shape index (κ2) is 9.97. The molecule has 0 aromatic rings. The Hall–Kier alpha value is -1.76. The summed E-state index contributed by atoms with van der Waals surface area (Å²) < 4.78 is 10.7. The van der Waals surface area contributed by atoms with Gasteiger partial charge >= 0.3 is 5.97 Å². The van der Waals surface area contributed by atoms with E-state index in [0.29, 0.717) is 12.8 Å². The first-order chi connectivity index (χ1) is 12.6. The number of esters is 1. The van der Waals surface area contributed by atoms with Crippen molar-refractivity contribution in [1.29, 1.82) is 0 Å². The van der Waals surface area contributed by atoms with Crippen molar-refractivity contribution >= 4 is 11.8 Å². The third-order valence-corrected chi connectivity index (χ3v) is 4.91. The van der Waals surface area contributed by atoms with Crippen LogP contribution in [0.5, 0.6) is 0 Å². The molecule has 1 aliphatic rings. The van der Waals surface area contributed by atoms with Gasteiger partial charge in [0.2, 0.25) is 0 Å². The van der Waals surface area contributed by atoms with Gasteiger partial charge in [-0.1, -0.05) is 44.2 Å². The van der Waals surface area contributed by atoms with Crippen molar-refractivity contribution in [3.63, 3.8) is 0 Å². The van der Waals surface area contributed by atoms with Crippen LogP contribution in [0.2, 0.25) is 0 Å². The van der Waals surface area contributed by atoms with Crippen LogP contribution in [-0.4, -0.2) is 53.5 Å². The molecule has 152 valence electrons. The number of ether oxygens (including phenoxy) is 2. The maximum absolute atomic E-state index is 12.8. The second-order valence-electron chi connectivity index (χ2n) is 7.27. The van der Waals surface area contributed by atoms with Crippen LogP contribution in [0.25, 0.3) is 0 Å². The van der Waals surface area contributed by atoms with Gasteiger partial charge in [0.05, 0.1) is 6.61 Å². The molecule has 6 nitrogen and oxygen atoms in total. The Kier molecular flexibility index (Phi) is 8.59. The standard InChI is InChI=1S/C21H32O6/c1-7-17-15(4)11-14(3)10-13(2)8-9-18(26-6)21(25,12-22)19(23)16(5)20(24)27-17/h8-9,11,13,16-18,22,25H,3,7,10,12H2,1-2,4-6H3/b9-8+,15-11+/t13-,16-,17+,18-,21?/m1/s1. The zero-order valence-corrected chi connectivity index (χ0v) is 16.9. The molecular weight excluding hydrogens is 348 g/mol. The third kappa shape index (κ3) is 5.61. The molecule has 0 aromatic heterocycles. The Morgan fingerprint density at radius 2 is 1.96 bits per heavy atom. The van der Waals surface area contributed by atoms with Crippen molar-refractivity contribution < 1.29 is 29.3 Å². The zero-order chi connectivity index (χ0) is 20.8. The molecule has 0 aliphatic carbocycles. The lowest BCUT2D eigenvalue weighted by atomic mass is 9.84. The van der Waals surface area contributed by atoms with Crippen molar-refractivity contribution in [3.05, 3.63) is 36.0 Å². The average Bonchev–Trinajstić information content (AvgIpc) is 2.63. The minimum atomic E-state index is -2.24. The van der Waals surface area contributed by atoms with Gasteiger partial charge in [0.15, 0.2) is 11.4 Å². The molecule has 1 aliphatic heterocycles. The number of Topliss-reactive ketones (excluding diaryl/α,β-unsaturated/α-hetero) is 1. The zero-order valence-electron chi connectivity index (χ0n) is 16.9. The van der Waals surface area contributed by atoms with Crippen LogP contribution in [0.15, 0.2) is 36.0 Å². The van der Waals surface area contributed by atoms with Crippen molar-refractivity contribution in [2.45, 2.75) is 58.3 Å². The Balaban J connectivity index is 3.39. The largest absolute Gasteiger partial charge is 0.457 e. The molecule has 6 heteroatoms. The number of hydrogen-bond donors (Lipinski definition) is 2. The molecule has 0 radical (unpaired) electrons. The van der Waals surface area contributed by atoms with Gasteiger partial charge in [-0.3, -0.25) is 9.59 Å². The van der Waals surface area contributed by atoms with Gasteiger partial charge in [-0.05, 0) is 38.2 Å². The minimum absolute atomic E-state index is 0.0697. The van der Waals surface area contributed by atoms with E-state index < -0.39 is 42.1 Å². The molecule has 0 saturated heterocycles. The van der Waals surface area contributed by atoms with E-state index in [-0.39, 0.29) is 5.92 Å². The number of methoxy groups -OCH3 is 1. The fourth-order valence-corrected chi connectivity index (χ4v) is 3.21. The van der Waals surface area contributed by atoms with Crippen LogP contribution >= 0.6 is 0 Å². The summed E-state index contributed by atoms with van der Waals surface area (Å²) in [5.41, 5.74) is -0.514. The van der Waals surface area contributed by atoms with E-state index in [1.807, 2.05) is 32.9 Å². The van der Waals surface area contributed by atoms with E-state index in [0.717, 1.165) is 11.1 Å². The summed E-state index contributed by atoms with van der Waals surface area (Å²) in [4.78, 5) is 25.3. The maximum atomic E-state index is 12.8. The second-order valence-corrected chi connectivity index (χ2v) is 7.27. The maximum Gasteiger partial charge on any atom is 0.316 e. The highest BCUT2D eigenvalue weighted by atomic mass is 16.5. The Labute approximate surface area is 161 Å². The topological polar surface area (TPSA) is 93.1 Å². The van der Waals surface area contributed by atoms with E-state index in [1.54, 1.807) is 6.08 Å². The SMILES string of the molecule is C=C1/C=C(\C)[C@H](CC)OC(=O)[C@H](C)C(=O)C(O)(CO)[C@H](OC)/C=C/[C@@H](C)C1. The molecule has 1 heterocycles. The first kappa shape index (κ1) is 23.3. The smallest absolute Gasteiger partial charge is 0.316 e. The van der Waals surface area contributed by atoms with Crippen LogP contribution in [0, 0.1) is 11.8 Å². The Morgan fingerprint density at radius 3 is 2.48 bits per heavy atom. The van der Waals surface area contributed by atoms with Crippen LogP contribution < -0.4 is 0 Å². The number of carbonyl (C=O) groups excluding carboxylic acids is 2. The number of cyclic esters (lactones) is 1. The third-order valence-electron chi connectivity index (χ3n) is 4.91. The molecule has 5 atom stereocenters. The lowest BCUT2D eigenvalue weighted by molar-refractivity contribution is -0.169. The molecule has 0 amide bonds. The fourth-order valence-electron chi connectivity index (χ4n) is 3.21. The van der Waals surface area contributed by atoms with Gasteiger partial charge in [-0.2, -0.15) is 0 Å². The molecule has 1 unspecified atom stereocenters. The highest BCUT2D eigenvalue weighted by Gasteiger charge is 2.47. The first-order valence-corrected chi connectivity index (χ1v) is 9.25. The van der Waals surface area contributed by atoms with Crippen LogP contribution in [-0.2, 0) is 19.1 Å². The van der Waals surface area contributed by atoms with Gasteiger partial charge in [-0.25, -0.2) is 0 Å². The number of ketones is 1. The minimum Gasteiger partial charge on any atom is -0.457 e. The number of rotatable bonds is 3. The van der Waals surface area contributed by atoms with Crippen molar-refractivity contribution in [2.75, 3.05) is 13.7 Å². The Morgan fingerprint density at radius 1 is 1.33 bits per heavy atom. The van der Waals surface area contributed by atoms with E-state index in [9.17, 15) is 19.8 Å². The van der Waals surface area contributed by atoms with Crippen molar-refractivity contribution in [1.82, 2.24) is 0 Å². The first-order valence-electron chi connectivity index (χ1n) is 9.25. The molecule has 0 saturated carbocycles. The number of allylic oxidation sites excluding steroid dienone is 3. The molecule has 0 fully saturated rings. The predicted molar refractivity (Wildman–Crippen MR) is 103 cm³/mol. The molecule has 2 N–H and O–H groups in total. The monoisotopic (exact) mass is 380 g/mol. The highest BCUT2D eigenvalue weighted by Crippen LogP contribution is 2.25. The number of carbonyl (C=O) groups is 2. The average molecular weight is 380 g/mol. The van der Waals surface area contributed by atoms with Gasteiger partial charge in [0.1, 0.15) is 18.1 Å². The van der Waals surface area contributed by atoms with E-state index in [2.05, 4.69) is 6.58 Å². The van der Waals surface area contributed by atoms with Crippen LogP contribution in [0.3, 0.4) is 0 Å². The highest BCUT2D eigenvalue weighted by molar-refractivity contribution is 6.03. The predicted octanol–water partition coefficient (Wildman–Crippen LogP) is 2.35. The van der Waals surface area contributed by atoms with Gasteiger partial charge in [-0.15, -0.1) is 0 Å². The molecule has 1 rings (SSSR count). The van der Waals surface area contributed by atoms with E-state index >= 15 is 0 Å².